The minimum absolute atomic E-state index is 0.0699. The second-order valence-corrected chi connectivity index (χ2v) is 7.13. The van der Waals surface area contributed by atoms with Crippen molar-refractivity contribution in [1.82, 2.24) is 5.32 Å². The Morgan fingerprint density at radius 3 is 2.45 bits per heavy atom. The zero-order chi connectivity index (χ0) is 21.2. The largest absolute Gasteiger partial charge is 0.385 e. The van der Waals surface area contributed by atoms with Crippen molar-refractivity contribution in [1.29, 1.82) is 5.41 Å². The van der Waals surface area contributed by atoms with Gasteiger partial charge in [-0.05, 0) is 66.1 Å². The first-order valence-corrected chi connectivity index (χ1v) is 9.90. The van der Waals surface area contributed by atoms with Gasteiger partial charge in [0.2, 0.25) is 0 Å². The standard InChI is InChI=1S/C23H24FN.CH3ClN2/c1-17-9-8-13-21(19-10-4-3-5-11-19)23(17)18(2)25-16-15-20-12-6-7-14-22(20)24;2-1(3)4/h3-5,8-14,25H,2,6-7,15-16H2,1H3;(H3,3,4). The lowest BCUT2D eigenvalue weighted by Gasteiger charge is -2.18. The molecule has 1 aliphatic carbocycles. The van der Waals surface area contributed by atoms with Gasteiger partial charge >= 0.3 is 0 Å². The Hall–Kier alpha value is -2.85. The highest BCUT2D eigenvalue weighted by Crippen LogP contribution is 2.30. The lowest BCUT2D eigenvalue weighted by atomic mass is 9.94. The van der Waals surface area contributed by atoms with Crippen molar-refractivity contribution >= 4 is 22.6 Å². The van der Waals surface area contributed by atoms with Gasteiger partial charge < -0.3 is 11.1 Å². The van der Waals surface area contributed by atoms with Gasteiger partial charge in [0.25, 0.3) is 0 Å². The average molecular weight is 412 g/mol. The molecule has 0 aromatic heterocycles. The lowest BCUT2D eigenvalue weighted by molar-refractivity contribution is 0.618. The third-order valence-corrected chi connectivity index (χ3v) is 4.58. The van der Waals surface area contributed by atoms with E-state index in [1.807, 2.05) is 24.3 Å². The minimum Gasteiger partial charge on any atom is -0.385 e. The van der Waals surface area contributed by atoms with Gasteiger partial charge in [0.15, 0.2) is 5.29 Å². The van der Waals surface area contributed by atoms with Crippen LogP contribution in [0.3, 0.4) is 0 Å². The summed E-state index contributed by atoms with van der Waals surface area (Å²) in [5.41, 5.74) is 10.8. The van der Waals surface area contributed by atoms with Gasteiger partial charge in [-0.1, -0.05) is 61.2 Å². The van der Waals surface area contributed by atoms with E-state index in [0.717, 1.165) is 29.7 Å². The predicted octanol–water partition coefficient (Wildman–Crippen LogP) is 6.30. The number of nitrogens with one attached hydrogen (secondary N) is 2. The summed E-state index contributed by atoms with van der Waals surface area (Å²) >= 11 is 4.64. The van der Waals surface area contributed by atoms with Crippen LogP contribution in [0.15, 0.2) is 78.7 Å². The first-order chi connectivity index (χ1) is 13.9. The van der Waals surface area contributed by atoms with E-state index in [4.69, 9.17) is 5.41 Å². The van der Waals surface area contributed by atoms with E-state index >= 15 is 0 Å². The van der Waals surface area contributed by atoms with E-state index < -0.39 is 0 Å². The molecule has 2 aromatic rings. The molecule has 0 radical (unpaired) electrons. The van der Waals surface area contributed by atoms with Crippen LogP contribution < -0.4 is 11.1 Å². The van der Waals surface area contributed by atoms with Crippen LogP contribution in [-0.2, 0) is 0 Å². The predicted molar refractivity (Wildman–Crippen MR) is 123 cm³/mol. The number of benzene rings is 2. The summed E-state index contributed by atoms with van der Waals surface area (Å²) in [7, 11) is 0. The molecule has 0 bridgehead atoms. The van der Waals surface area contributed by atoms with E-state index in [9.17, 15) is 4.39 Å². The molecule has 0 unspecified atom stereocenters. The van der Waals surface area contributed by atoms with Gasteiger partial charge in [-0.2, -0.15) is 0 Å². The van der Waals surface area contributed by atoms with E-state index in [1.165, 1.54) is 16.7 Å². The second-order valence-electron chi connectivity index (χ2n) is 6.73. The molecule has 0 heterocycles. The number of aryl methyl sites for hydroxylation is 1. The second kappa shape index (κ2) is 11.2. The molecule has 0 saturated carbocycles. The molecule has 1 aliphatic rings. The number of hydrogen-bond acceptors (Lipinski definition) is 2. The Kier molecular flexibility index (Phi) is 8.68. The summed E-state index contributed by atoms with van der Waals surface area (Å²) in [5, 5.41) is 9.07. The van der Waals surface area contributed by atoms with Crippen LogP contribution in [0, 0.1) is 12.3 Å². The maximum Gasteiger partial charge on any atom is 0.185 e. The third-order valence-electron chi connectivity index (χ3n) is 4.58. The van der Waals surface area contributed by atoms with Crippen LogP contribution in [0.2, 0.25) is 0 Å². The Balaban J connectivity index is 0.000000687. The van der Waals surface area contributed by atoms with E-state index in [0.29, 0.717) is 13.0 Å². The number of hydrogen-bond donors (Lipinski definition) is 3. The fourth-order valence-electron chi connectivity index (χ4n) is 3.28. The van der Waals surface area contributed by atoms with Crippen LogP contribution in [0.5, 0.6) is 0 Å². The fraction of sp³-hybridized carbons (Fsp3) is 0.208. The lowest BCUT2D eigenvalue weighted by Crippen LogP contribution is -2.15. The highest BCUT2D eigenvalue weighted by atomic mass is 35.5. The molecular formula is C24H27ClFN3. The maximum atomic E-state index is 13.8. The summed E-state index contributed by atoms with van der Waals surface area (Å²) in [4.78, 5) is 0. The van der Waals surface area contributed by atoms with Gasteiger partial charge in [0.05, 0.1) is 0 Å². The molecule has 152 valence electrons. The van der Waals surface area contributed by atoms with Crippen molar-refractivity contribution in [3.63, 3.8) is 0 Å². The average Bonchev–Trinajstić information content (AvgIpc) is 2.69. The molecule has 5 heteroatoms. The highest BCUT2D eigenvalue weighted by molar-refractivity contribution is 6.63. The van der Waals surface area contributed by atoms with Crippen molar-refractivity contribution < 1.29 is 4.39 Å². The Labute approximate surface area is 177 Å². The molecule has 0 saturated heterocycles. The number of halogens is 2. The van der Waals surface area contributed by atoms with Crippen molar-refractivity contribution in [3.05, 3.63) is 89.8 Å². The highest BCUT2D eigenvalue weighted by Gasteiger charge is 2.12. The fourth-order valence-corrected chi connectivity index (χ4v) is 3.28. The summed E-state index contributed by atoms with van der Waals surface area (Å²) in [6.07, 6.45) is 6.09. The topological polar surface area (TPSA) is 61.9 Å². The van der Waals surface area contributed by atoms with Crippen LogP contribution >= 0.6 is 11.6 Å². The number of allylic oxidation sites excluding steroid dienone is 3. The molecule has 0 fully saturated rings. The van der Waals surface area contributed by atoms with Crippen LogP contribution in [0.4, 0.5) is 4.39 Å². The third kappa shape index (κ3) is 6.91. The van der Waals surface area contributed by atoms with Crippen molar-refractivity contribution in [2.24, 2.45) is 5.73 Å². The van der Waals surface area contributed by atoms with Crippen LogP contribution in [0.1, 0.15) is 30.4 Å². The normalized spacial score (nSPS) is 12.8. The molecule has 0 amide bonds. The number of rotatable bonds is 6. The molecule has 2 aromatic carbocycles. The maximum absolute atomic E-state index is 13.8. The molecule has 4 N–H and O–H groups in total. The van der Waals surface area contributed by atoms with E-state index in [-0.39, 0.29) is 11.1 Å². The quantitative estimate of drug-likeness (QED) is 0.296. The molecule has 0 aliphatic heterocycles. The zero-order valence-electron chi connectivity index (χ0n) is 16.6. The molecule has 3 nitrogen and oxygen atoms in total. The van der Waals surface area contributed by atoms with E-state index in [1.54, 1.807) is 6.08 Å². The Bertz CT molecular complexity index is 913. The molecule has 3 rings (SSSR count). The van der Waals surface area contributed by atoms with Crippen molar-refractivity contribution in [2.45, 2.75) is 26.2 Å². The van der Waals surface area contributed by atoms with Gasteiger partial charge in [0, 0.05) is 17.8 Å². The molecular weight excluding hydrogens is 385 g/mol. The van der Waals surface area contributed by atoms with Crippen molar-refractivity contribution in [2.75, 3.05) is 6.54 Å². The van der Waals surface area contributed by atoms with Gasteiger partial charge in [0.1, 0.15) is 5.83 Å². The molecule has 29 heavy (non-hydrogen) atoms. The number of nitrogens with two attached hydrogens (primary N) is 1. The summed E-state index contributed by atoms with van der Waals surface area (Å²) < 4.78 is 13.8. The van der Waals surface area contributed by atoms with Gasteiger partial charge in [-0.25, -0.2) is 4.39 Å². The van der Waals surface area contributed by atoms with Crippen LogP contribution in [0.25, 0.3) is 16.8 Å². The van der Waals surface area contributed by atoms with Gasteiger partial charge in [-0.15, -0.1) is 0 Å². The smallest absolute Gasteiger partial charge is 0.185 e. The first-order valence-electron chi connectivity index (χ1n) is 9.53. The molecule has 0 spiro atoms. The number of amidine groups is 1. The summed E-state index contributed by atoms with van der Waals surface area (Å²) in [6, 6.07) is 16.6. The Morgan fingerprint density at radius 1 is 1.14 bits per heavy atom. The Morgan fingerprint density at radius 2 is 1.79 bits per heavy atom. The summed E-state index contributed by atoms with van der Waals surface area (Å²) in [5.74, 6) is -0.0699. The van der Waals surface area contributed by atoms with Crippen molar-refractivity contribution in [3.8, 4) is 11.1 Å². The SMILES string of the molecule is C=C(NCCC1=CCCC=C1F)c1c(C)cccc1-c1ccccc1.N=C(N)Cl. The molecule has 0 atom stereocenters. The first kappa shape index (κ1) is 22.4. The van der Waals surface area contributed by atoms with E-state index in [2.05, 4.69) is 66.5 Å². The minimum atomic E-state index is -0.361. The van der Waals surface area contributed by atoms with Crippen LogP contribution in [-0.4, -0.2) is 11.8 Å². The zero-order valence-corrected chi connectivity index (χ0v) is 17.4. The summed E-state index contributed by atoms with van der Waals surface area (Å²) in [6.45, 7) is 7.01. The van der Waals surface area contributed by atoms with Gasteiger partial charge in [-0.3, -0.25) is 5.41 Å². The monoisotopic (exact) mass is 411 g/mol.